The van der Waals surface area contributed by atoms with E-state index in [0.717, 1.165) is 11.1 Å². The molecule has 2 aromatic rings. The van der Waals surface area contributed by atoms with Crippen LogP contribution in [0.15, 0.2) is 42.5 Å². The fourth-order valence-electron chi connectivity index (χ4n) is 2.88. The molecule has 1 aliphatic rings. The Kier molecular flexibility index (Phi) is 5.96. The first-order chi connectivity index (χ1) is 13.1. The van der Waals surface area contributed by atoms with Gasteiger partial charge in [0.2, 0.25) is 0 Å². The number of fused-ring (bicyclic) bond motifs is 1. The van der Waals surface area contributed by atoms with E-state index in [-0.39, 0.29) is 12.5 Å². The fraction of sp³-hybridized carbons (Fsp3) is 0.333. The lowest BCUT2D eigenvalue weighted by Crippen LogP contribution is -2.34. The van der Waals surface area contributed by atoms with Gasteiger partial charge in [0.15, 0.2) is 18.1 Å². The lowest BCUT2D eigenvalue weighted by atomic mass is 10.1. The fourth-order valence-corrected chi connectivity index (χ4v) is 2.88. The zero-order valence-corrected chi connectivity index (χ0v) is 15.6. The second-order valence-electron chi connectivity index (χ2n) is 6.28. The van der Waals surface area contributed by atoms with E-state index in [1.807, 2.05) is 44.2 Å². The van der Waals surface area contributed by atoms with Gasteiger partial charge in [-0.1, -0.05) is 24.3 Å². The molecule has 0 saturated carbocycles. The van der Waals surface area contributed by atoms with Gasteiger partial charge in [-0.15, -0.1) is 0 Å². The molecule has 1 heterocycles. The van der Waals surface area contributed by atoms with Gasteiger partial charge < -0.3 is 19.1 Å². The van der Waals surface area contributed by atoms with Crippen molar-refractivity contribution in [3.63, 3.8) is 0 Å². The van der Waals surface area contributed by atoms with E-state index < -0.39 is 5.97 Å². The molecule has 6 nitrogen and oxygen atoms in total. The molecule has 3 rings (SSSR count). The topological polar surface area (TPSA) is 65.1 Å². The minimum absolute atomic E-state index is 0.241. The van der Waals surface area contributed by atoms with Crippen LogP contribution in [0.5, 0.6) is 11.5 Å². The van der Waals surface area contributed by atoms with Gasteiger partial charge in [0.1, 0.15) is 13.2 Å². The molecule has 0 bridgehead atoms. The first kappa shape index (κ1) is 18.8. The highest BCUT2D eigenvalue weighted by Crippen LogP contribution is 2.31. The Morgan fingerprint density at radius 1 is 1.07 bits per heavy atom. The third kappa shape index (κ3) is 4.58. The molecule has 0 spiro atoms. The molecule has 0 unspecified atom stereocenters. The number of ether oxygens (including phenoxy) is 3. The van der Waals surface area contributed by atoms with E-state index in [4.69, 9.17) is 14.2 Å². The number of amides is 1. The lowest BCUT2D eigenvalue weighted by Gasteiger charge is -2.23. The Morgan fingerprint density at radius 3 is 2.56 bits per heavy atom. The first-order valence-corrected chi connectivity index (χ1v) is 8.97. The molecule has 27 heavy (non-hydrogen) atoms. The summed E-state index contributed by atoms with van der Waals surface area (Å²) in [5, 5.41) is 0. The first-order valence-electron chi connectivity index (χ1n) is 8.97. The van der Waals surface area contributed by atoms with Crippen molar-refractivity contribution in [3.8, 4) is 11.5 Å². The maximum Gasteiger partial charge on any atom is 0.338 e. The molecule has 0 aliphatic carbocycles. The van der Waals surface area contributed by atoms with Gasteiger partial charge in [0, 0.05) is 13.1 Å². The average Bonchev–Trinajstić information content (AvgIpc) is 2.70. The summed E-state index contributed by atoms with van der Waals surface area (Å²) < 4.78 is 16.3. The van der Waals surface area contributed by atoms with E-state index in [1.165, 1.54) is 0 Å². The van der Waals surface area contributed by atoms with Crippen LogP contribution in [0.1, 0.15) is 28.4 Å². The number of hydrogen-bond donors (Lipinski definition) is 0. The molecule has 1 amide bonds. The predicted molar refractivity (Wildman–Crippen MR) is 100.0 cm³/mol. The zero-order valence-electron chi connectivity index (χ0n) is 15.6. The standard InChI is InChI=1S/C21H23NO5/c1-3-22(13-16-8-9-18-19(12-16)26-11-10-25-18)20(23)14-27-21(24)17-7-5-4-6-15(17)2/h4-9,12H,3,10-11,13-14H2,1-2H3. The van der Waals surface area contributed by atoms with E-state index >= 15 is 0 Å². The minimum atomic E-state index is -0.489. The molecular weight excluding hydrogens is 346 g/mol. The molecule has 142 valence electrons. The second-order valence-corrected chi connectivity index (χ2v) is 6.28. The summed E-state index contributed by atoms with van der Waals surface area (Å²) in [7, 11) is 0. The van der Waals surface area contributed by atoms with Crippen LogP contribution < -0.4 is 9.47 Å². The third-order valence-electron chi connectivity index (χ3n) is 4.41. The molecular formula is C21H23NO5. The number of nitrogens with zero attached hydrogens (tertiary/aromatic N) is 1. The number of carbonyl (C=O) groups is 2. The SMILES string of the molecule is CCN(Cc1ccc2c(c1)OCCO2)C(=O)COC(=O)c1ccccc1C. The zero-order chi connectivity index (χ0) is 19.2. The van der Waals surface area contributed by atoms with E-state index in [2.05, 4.69) is 0 Å². The number of esters is 1. The summed E-state index contributed by atoms with van der Waals surface area (Å²) in [6.07, 6.45) is 0. The van der Waals surface area contributed by atoms with Gasteiger partial charge in [0.05, 0.1) is 5.56 Å². The Bertz CT molecular complexity index is 833. The van der Waals surface area contributed by atoms with Crippen molar-refractivity contribution < 1.29 is 23.8 Å². The van der Waals surface area contributed by atoms with Crippen LogP contribution in [0, 0.1) is 6.92 Å². The number of rotatable bonds is 6. The van der Waals surface area contributed by atoms with Gasteiger partial charge in [-0.3, -0.25) is 4.79 Å². The van der Waals surface area contributed by atoms with Crippen molar-refractivity contribution in [2.45, 2.75) is 20.4 Å². The second kappa shape index (κ2) is 8.58. The van der Waals surface area contributed by atoms with Gasteiger partial charge in [0.25, 0.3) is 5.91 Å². The molecule has 0 fully saturated rings. The Morgan fingerprint density at radius 2 is 1.81 bits per heavy atom. The van der Waals surface area contributed by atoms with Gasteiger partial charge in [-0.25, -0.2) is 4.79 Å². The normalized spacial score (nSPS) is 12.4. The van der Waals surface area contributed by atoms with E-state index in [9.17, 15) is 9.59 Å². The number of carbonyl (C=O) groups excluding carboxylic acids is 2. The number of likely N-dealkylation sites (N-methyl/N-ethyl adjacent to an activating group) is 1. The van der Waals surface area contributed by atoms with Crippen molar-refractivity contribution in [1.82, 2.24) is 4.90 Å². The Balaban J connectivity index is 1.59. The smallest absolute Gasteiger partial charge is 0.338 e. The molecule has 2 aromatic carbocycles. The maximum atomic E-state index is 12.5. The Hall–Kier alpha value is -3.02. The van der Waals surface area contributed by atoms with E-state index in [0.29, 0.717) is 43.4 Å². The number of aryl methyl sites for hydroxylation is 1. The minimum Gasteiger partial charge on any atom is -0.486 e. The van der Waals surface area contributed by atoms with Crippen molar-refractivity contribution >= 4 is 11.9 Å². The van der Waals surface area contributed by atoms with Gasteiger partial charge >= 0.3 is 5.97 Å². The summed E-state index contributed by atoms with van der Waals surface area (Å²) in [4.78, 5) is 26.3. The van der Waals surface area contributed by atoms with Crippen LogP contribution in [0.2, 0.25) is 0 Å². The highest BCUT2D eigenvalue weighted by Gasteiger charge is 2.18. The summed E-state index contributed by atoms with van der Waals surface area (Å²) in [6.45, 7) is 5.41. The highest BCUT2D eigenvalue weighted by atomic mass is 16.6. The number of hydrogen-bond acceptors (Lipinski definition) is 5. The van der Waals surface area contributed by atoms with Crippen molar-refractivity contribution in [3.05, 3.63) is 59.2 Å². The van der Waals surface area contributed by atoms with Crippen LogP contribution in [-0.2, 0) is 16.1 Å². The maximum absolute atomic E-state index is 12.5. The van der Waals surface area contributed by atoms with Crippen LogP contribution in [0.3, 0.4) is 0 Å². The monoisotopic (exact) mass is 369 g/mol. The lowest BCUT2D eigenvalue weighted by molar-refractivity contribution is -0.134. The number of benzene rings is 2. The van der Waals surface area contributed by atoms with Gasteiger partial charge in [-0.05, 0) is 43.2 Å². The predicted octanol–water partition coefficient (Wildman–Crippen LogP) is 2.97. The van der Waals surface area contributed by atoms with Crippen LogP contribution in [0.4, 0.5) is 0 Å². The average molecular weight is 369 g/mol. The summed E-state index contributed by atoms with van der Waals surface area (Å²) in [5.41, 5.74) is 2.22. The highest BCUT2D eigenvalue weighted by molar-refractivity contribution is 5.92. The molecule has 0 N–H and O–H groups in total. The summed E-state index contributed by atoms with van der Waals surface area (Å²) >= 11 is 0. The Labute approximate surface area is 158 Å². The molecule has 6 heteroatoms. The summed E-state index contributed by atoms with van der Waals surface area (Å²) in [6, 6.07) is 12.8. The van der Waals surface area contributed by atoms with E-state index in [1.54, 1.807) is 17.0 Å². The molecule has 0 atom stereocenters. The molecule has 0 saturated heterocycles. The molecule has 1 aliphatic heterocycles. The largest absolute Gasteiger partial charge is 0.486 e. The van der Waals surface area contributed by atoms with Crippen LogP contribution in [0.25, 0.3) is 0 Å². The molecule has 0 radical (unpaired) electrons. The van der Waals surface area contributed by atoms with Crippen molar-refractivity contribution in [2.75, 3.05) is 26.4 Å². The van der Waals surface area contributed by atoms with Crippen LogP contribution in [-0.4, -0.2) is 43.1 Å². The molecule has 0 aromatic heterocycles. The van der Waals surface area contributed by atoms with Crippen molar-refractivity contribution in [2.24, 2.45) is 0 Å². The van der Waals surface area contributed by atoms with Crippen molar-refractivity contribution in [1.29, 1.82) is 0 Å². The quantitative estimate of drug-likeness (QED) is 0.733. The third-order valence-corrected chi connectivity index (χ3v) is 4.41. The summed E-state index contributed by atoms with van der Waals surface area (Å²) in [5.74, 6) is 0.672. The van der Waals surface area contributed by atoms with Crippen LogP contribution >= 0.6 is 0 Å². The van der Waals surface area contributed by atoms with Gasteiger partial charge in [-0.2, -0.15) is 0 Å².